The molecule has 0 saturated carbocycles. The summed E-state index contributed by atoms with van der Waals surface area (Å²) in [5, 5.41) is 0.841. The van der Waals surface area contributed by atoms with Crippen LogP contribution in [0.3, 0.4) is 0 Å². The SMILES string of the molecule is Clc1ccc[c]([Zn])c1. The van der Waals surface area contributed by atoms with E-state index in [-0.39, 0.29) is 0 Å². The zero-order valence-electron chi connectivity index (χ0n) is 4.39. The molecule has 0 atom stereocenters. The monoisotopic (exact) mass is 175 g/mol. The van der Waals surface area contributed by atoms with Crippen LogP contribution in [0.4, 0.5) is 0 Å². The molecule has 0 spiro atoms. The predicted octanol–water partition coefficient (Wildman–Crippen LogP) is 1.51. The number of benzene rings is 1. The van der Waals surface area contributed by atoms with Crippen LogP contribution in [0, 0.1) is 0 Å². The Kier molecular flexibility index (Phi) is 2.04. The first-order valence-corrected chi connectivity index (χ1v) is 4.23. The molecule has 0 aliphatic rings. The molecule has 0 aliphatic carbocycles. The molecule has 0 radical (unpaired) electrons. The van der Waals surface area contributed by atoms with Crippen LogP contribution in [0.25, 0.3) is 0 Å². The maximum atomic E-state index is 5.66. The van der Waals surface area contributed by atoms with Crippen LogP contribution in [0.5, 0.6) is 0 Å². The minimum atomic E-state index is 0.841. The fourth-order valence-corrected chi connectivity index (χ4v) is 1.77. The molecule has 0 fully saturated rings. The van der Waals surface area contributed by atoms with Gasteiger partial charge in [-0.25, -0.2) is 0 Å². The van der Waals surface area contributed by atoms with Gasteiger partial charge in [0.1, 0.15) is 0 Å². The second kappa shape index (κ2) is 2.61. The normalized spacial score (nSPS) is 9.38. The molecule has 0 amide bonds. The van der Waals surface area contributed by atoms with Crippen LogP contribution in [0.1, 0.15) is 0 Å². The van der Waals surface area contributed by atoms with Gasteiger partial charge in [0.2, 0.25) is 0 Å². The Morgan fingerprint density at radius 3 is 2.50 bits per heavy atom. The second-order valence-corrected chi connectivity index (χ2v) is 3.78. The van der Waals surface area contributed by atoms with Gasteiger partial charge in [-0.05, 0) is 0 Å². The van der Waals surface area contributed by atoms with Crippen molar-refractivity contribution in [2.75, 3.05) is 0 Å². The fraction of sp³-hybridized carbons (Fsp3) is 0. The third-order valence-corrected chi connectivity index (χ3v) is 2.05. The minimum absolute atomic E-state index is 0.841. The molecule has 0 aliphatic heterocycles. The van der Waals surface area contributed by atoms with Gasteiger partial charge < -0.3 is 0 Å². The summed E-state index contributed by atoms with van der Waals surface area (Å²) < 4.78 is 1.33. The zero-order valence-corrected chi connectivity index (χ0v) is 8.12. The summed E-state index contributed by atoms with van der Waals surface area (Å²) in [6, 6.07) is 7.93. The Bertz CT molecular complexity index is 168. The van der Waals surface area contributed by atoms with Crippen molar-refractivity contribution < 1.29 is 18.3 Å². The van der Waals surface area contributed by atoms with Crippen LogP contribution in [-0.2, 0) is 18.3 Å². The third-order valence-electron chi connectivity index (χ3n) is 0.889. The molecule has 0 aromatic heterocycles. The molecular weight excluding hydrogens is 173 g/mol. The molecule has 0 bridgehead atoms. The van der Waals surface area contributed by atoms with Crippen LogP contribution in [0.2, 0.25) is 5.02 Å². The Labute approximate surface area is 63.5 Å². The molecule has 1 aromatic carbocycles. The molecule has 8 heavy (non-hydrogen) atoms. The first kappa shape index (κ1) is 6.26. The Hall–Kier alpha value is 0.133. The summed E-state index contributed by atoms with van der Waals surface area (Å²) in [7, 11) is 0. The summed E-state index contributed by atoms with van der Waals surface area (Å²) in [5.74, 6) is 0. The zero-order chi connectivity index (χ0) is 5.98. The quantitative estimate of drug-likeness (QED) is 0.527. The molecule has 0 nitrogen and oxygen atoms in total. The standard InChI is InChI=1S/C6H4Cl.Zn/c7-6-4-2-1-3-5-6;/h1-2,4-5H;. The van der Waals surface area contributed by atoms with Crippen molar-refractivity contribution >= 4 is 15.8 Å². The summed E-state index contributed by atoms with van der Waals surface area (Å²) in [4.78, 5) is 0. The molecule has 1 rings (SSSR count). The van der Waals surface area contributed by atoms with Gasteiger partial charge in [0.25, 0.3) is 0 Å². The van der Waals surface area contributed by atoms with E-state index >= 15 is 0 Å². The van der Waals surface area contributed by atoms with Crippen molar-refractivity contribution in [3.8, 4) is 0 Å². The van der Waals surface area contributed by atoms with Gasteiger partial charge in [-0.15, -0.1) is 0 Å². The summed E-state index contributed by atoms with van der Waals surface area (Å²) in [6.45, 7) is 0. The van der Waals surface area contributed by atoms with Gasteiger partial charge in [0.15, 0.2) is 0 Å². The molecule has 1 aromatic rings. The summed E-state index contributed by atoms with van der Waals surface area (Å²) in [5.41, 5.74) is 0. The number of rotatable bonds is 0. The van der Waals surface area contributed by atoms with E-state index in [1.54, 1.807) is 0 Å². The van der Waals surface area contributed by atoms with Gasteiger partial charge >= 0.3 is 63.3 Å². The van der Waals surface area contributed by atoms with Crippen molar-refractivity contribution in [3.05, 3.63) is 29.3 Å². The molecule has 2 heteroatoms. The molecular formula is C6H4ClZn. The van der Waals surface area contributed by atoms with Crippen molar-refractivity contribution in [1.82, 2.24) is 0 Å². The molecule has 37 valence electrons. The average Bonchev–Trinajstić information content (AvgIpc) is 1.64. The molecule has 0 saturated heterocycles. The number of halogens is 1. The third kappa shape index (κ3) is 1.57. The summed E-state index contributed by atoms with van der Waals surface area (Å²) >= 11 is 6.85. The molecule has 0 unspecified atom stereocenters. The van der Waals surface area contributed by atoms with Crippen molar-refractivity contribution in [2.45, 2.75) is 0 Å². The van der Waals surface area contributed by atoms with E-state index in [4.69, 9.17) is 11.6 Å². The Balaban J connectivity index is 3.08. The van der Waals surface area contributed by atoms with Gasteiger partial charge in [-0.2, -0.15) is 0 Å². The maximum absolute atomic E-state index is 5.66. The first-order valence-electron chi connectivity index (χ1n) is 2.36. The average molecular weight is 177 g/mol. The van der Waals surface area contributed by atoms with Gasteiger partial charge in [-0.1, -0.05) is 0 Å². The fourth-order valence-electron chi connectivity index (χ4n) is 0.537. The van der Waals surface area contributed by atoms with E-state index in [2.05, 4.69) is 6.07 Å². The van der Waals surface area contributed by atoms with E-state index in [1.807, 2.05) is 18.2 Å². The van der Waals surface area contributed by atoms with E-state index in [0.717, 1.165) is 5.02 Å². The van der Waals surface area contributed by atoms with E-state index in [1.165, 1.54) is 22.5 Å². The van der Waals surface area contributed by atoms with Gasteiger partial charge in [0, 0.05) is 0 Å². The van der Waals surface area contributed by atoms with Crippen molar-refractivity contribution in [2.24, 2.45) is 0 Å². The van der Waals surface area contributed by atoms with Crippen LogP contribution in [-0.4, -0.2) is 0 Å². The van der Waals surface area contributed by atoms with Crippen molar-refractivity contribution in [3.63, 3.8) is 0 Å². The van der Waals surface area contributed by atoms with Crippen molar-refractivity contribution in [1.29, 1.82) is 0 Å². The molecule has 0 N–H and O–H groups in total. The van der Waals surface area contributed by atoms with Gasteiger partial charge in [0.05, 0.1) is 0 Å². The number of hydrogen-bond acceptors (Lipinski definition) is 0. The molecule has 0 heterocycles. The second-order valence-electron chi connectivity index (χ2n) is 1.63. The van der Waals surface area contributed by atoms with Gasteiger partial charge in [-0.3, -0.25) is 0 Å². The Morgan fingerprint density at radius 1 is 1.38 bits per heavy atom. The summed E-state index contributed by atoms with van der Waals surface area (Å²) in [6.07, 6.45) is 0. The van der Waals surface area contributed by atoms with Crippen LogP contribution >= 0.6 is 11.6 Å². The van der Waals surface area contributed by atoms with E-state index in [0.29, 0.717) is 0 Å². The number of hydrogen-bond donors (Lipinski definition) is 0. The van der Waals surface area contributed by atoms with Crippen LogP contribution < -0.4 is 4.16 Å². The Morgan fingerprint density at radius 2 is 2.12 bits per heavy atom. The topological polar surface area (TPSA) is 0 Å². The predicted molar refractivity (Wildman–Crippen MR) is 31.1 cm³/mol. The van der Waals surface area contributed by atoms with Crippen LogP contribution in [0.15, 0.2) is 24.3 Å². The van der Waals surface area contributed by atoms with E-state index < -0.39 is 0 Å². The van der Waals surface area contributed by atoms with E-state index in [9.17, 15) is 0 Å². The first-order chi connectivity index (χ1) is 3.79.